The summed E-state index contributed by atoms with van der Waals surface area (Å²) in [4.78, 5) is 8.27. The average Bonchev–Trinajstić information content (AvgIpc) is 2.35. The fourth-order valence-electron chi connectivity index (χ4n) is 1.39. The highest BCUT2D eigenvalue weighted by atomic mass is 35.5. The highest BCUT2D eigenvalue weighted by molar-refractivity contribution is 6.33. The van der Waals surface area contributed by atoms with E-state index in [2.05, 4.69) is 15.3 Å². The average molecular weight is 265 g/mol. The lowest BCUT2D eigenvalue weighted by Gasteiger charge is -2.08. The Morgan fingerprint density at radius 3 is 3.00 bits per heavy atom. The maximum Gasteiger partial charge on any atom is 0.230 e. The van der Waals surface area contributed by atoms with Gasteiger partial charge in [-0.25, -0.2) is 4.98 Å². The molecule has 0 aliphatic carbocycles. The van der Waals surface area contributed by atoms with E-state index in [4.69, 9.17) is 22.1 Å². The van der Waals surface area contributed by atoms with Gasteiger partial charge >= 0.3 is 0 Å². The first kappa shape index (κ1) is 12.4. The zero-order chi connectivity index (χ0) is 13.0. The van der Waals surface area contributed by atoms with Gasteiger partial charge in [-0.1, -0.05) is 11.6 Å². The summed E-state index contributed by atoms with van der Waals surface area (Å²) in [6.45, 7) is 2.44. The van der Waals surface area contributed by atoms with Gasteiger partial charge in [-0.2, -0.15) is 4.98 Å². The van der Waals surface area contributed by atoms with Gasteiger partial charge in [0.25, 0.3) is 0 Å². The lowest BCUT2D eigenvalue weighted by Crippen LogP contribution is -2.01. The highest BCUT2D eigenvalue weighted by Crippen LogP contribution is 2.26. The molecule has 1 aromatic heterocycles. The molecule has 0 atom stereocenters. The quantitative estimate of drug-likeness (QED) is 0.831. The number of nitrogen functional groups attached to an aromatic ring is 1. The van der Waals surface area contributed by atoms with Crippen molar-refractivity contribution < 1.29 is 4.74 Å². The molecule has 6 heteroatoms. The van der Waals surface area contributed by atoms with Crippen LogP contribution in [0.15, 0.2) is 30.5 Å². The topological polar surface area (TPSA) is 73.1 Å². The van der Waals surface area contributed by atoms with Crippen LogP contribution >= 0.6 is 11.6 Å². The van der Waals surface area contributed by atoms with Crippen LogP contribution in [0.3, 0.4) is 0 Å². The number of nitrogens with two attached hydrogens (primary N) is 1. The summed E-state index contributed by atoms with van der Waals surface area (Å²) in [5.41, 5.74) is 6.97. The minimum absolute atomic E-state index is 0.411. The molecule has 0 unspecified atom stereocenters. The lowest BCUT2D eigenvalue weighted by molar-refractivity contribution is 0.327. The standard InChI is InChI=1S/C12H13ClN4O/c1-2-18-11-5-6-15-12(17-11)16-10-7-8(14)3-4-9(10)13/h3-7H,2,14H2,1H3,(H,15,16,17). The van der Waals surface area contributed by atoms with Crippen molar-refractivity contribution in [1.82, 2.24) is 9.97 Å². The molecule has 94 valence electrons. The van der Waals surface area contributed by atoms with E-state index in [1.54, 1.807) is 30.5 Å². The minimum atomic E-state index is 0.411. The van der Waals surface area contributed by atoms with E-state index in [1.807, 2.05) is 6.92 Å². The fraction of sp³-hybridized carbons (Fsp3) is 0.167. The zero-order valence-electron chi connectivity index (χ0n) is 9.85. The Bertz CT molecular complexity index is 547. The van der Waals surface area contributed by atoms with E-state index in [0.717, 1.165) is 0 Å². The molecule has 0 radical (unpaired) electrons. The molecule has 0 spiro atoms. The summed E-state index contributed by atoms with van der Waals surface area (Å²) >= 11 is 6.04. The van der Waals surface area contributed by atoms with E-state index in [1.165, 1.54) is 0 Å². The second-order valence-corrected chi connectivity index (χ2v) is 3.92. The fourth-order valence-corrected chi connectivity index (χ4v) is 1.55. The number of aromatic nitrogens is 2. The first-order chi connectivity index (χ1) is 8.69. The lowest BCUT2D eigenvalue weighted by atomic mass is 10.3. The van der Waals surface area contributed by atoms with Crippen LogP contribution in [0.5, 0.6) is 5.88 Å². The molecule has 2 aromatic rings. The number of hydrogen-bond donors (Lipinski definition) is 2. The maximum absolute atomic E-state index is 6.04. The van der Waals surface area contributed by atoms with Gasteiger partial charge in [0.15, 0.2) is 0 Å². The molecule has 1 aromatic carbocycles. The summed E-state index contributed by atoms with van der Waals surface area (Å²) in [5.74, 6) is 0.920. The van der Waals surface area contributed by atoms with Gasteiger partial charge in [-0.15, -0.1) is 0 Å². The summed E-state index contributed by atoms with van der Waals surface area (Å²) in [5, 5.41) is 3.55. The van der Waals surface area contributed by atoms with Gasteiger partial charge in [0.1, 0.15) is 0 Å². The third-order valence-electron chi connectivity index (χ3n) is 2.16. The third kappa shape index (κ3) is 3.01. The van der Waals surface area contributed by atoms with Crippen LogP contribution in [0.4, 0.5) is 17.3 Å². The Balaban J connectivity index is 2.22. The van der Waals surface area contributed by atoms with Gasteiger partial charge in [-0.05, 0) is 25.1 Å². The molecule has 0 aliphatic heterocycles. The molecule has 2 rings (SSSR count). The van der Waals surface area contributed by atoms with Gasteiger partial charge in [0.05, 0.1) is 17.3 Å². The molecule has 3 N–H and O–H groups in total. The third-order valence-corrected chi connectivity index (χ3v) is 2.49. The van der Waals surface area contributed by atoms with Crippen LogP contribution in [0.1, 0.15) is 6.92 Å². The predicted octanol–water partition coefficient (Wildman–Crippen LogP) is 2.85. The molecule has 0 saturated heterocycles. The summed E-state index contributed by atoms with van der Waals surface area (Å²) in [6.07, 6.45) is 1.61. The molecule has 0 aliphatic rings. The summed E-state index contributed by atoms with van der Waals surface area (Å²) in [7, 11) is 0. The number of nitrogens with one attached hydrogen (secondary N) is 1. The summed E-state index contributed by atoms with van der Waals surface area (Å²) < 4.78 is 5.29. The normalized spacial score (nSPS) is 10.1. The number of ether oxygens (including phenoxy) is 1. The maximum atomic E-state index is 6.04. The number of benzene rings is 1. The smallest absolute Gasteiger partial charge is 0.230 e. The van der Waals surface area contributed by atoms with Crippen molar-refractivity contribution in [2.45, 2.75) is 6.92 Å². The Labute approximate surface area is 110 Å². The molecular weight excluding hydrogens is 252 g/mol. The highest BCUT2D eigenvalue weighted by Gasteiger charge is 2.04. The number of hydrogen-bond acceptors (Lipinski definition) is 5. The van der Waals surface area contributed by atoms with Gasteiger partial charge in [0, 0.05) is 18.0 Å². The molecule has 0 amide bonds. The van der Waals surface area contributed by atoms with Crippen molar-refractivity contribution in [2.75, 3.05) is 17.7 Å². The molecule has 0 bridgehead atoms. The minimum Gasteiger partial charge on any atom is -0.478 e. The van der Waals surface area contributed by atoms with Crippen LogP contribution in [0.25, 0.3) is 0 Å². The van der Waals surface area contributed by atoms with Crippen molar-refractivity contribution in [1.29, 1.82) is 0 Å². The van der Waals surface area contributed by atoms with Gasteiger partial charge in [0.2, 0.25) is 11.8 Å². The van der Waals surface area contributed by atoms with E-state index < -0.39 is 0 Å². The Morgan fingerprint density at radius 1 is 1.39 bits per heavy atom. The first-order valence-corrected chi connectivity index (χ1v) is 5.84. The largest absolute Gasteiger partial charge is 0.478 e. The number of anilines is 3. The first-order valence-electron chi connectivity index (χ1n) is 5.47. The molecule has 5 nitrogen and oxygen atoms in total. The van der Waals surface area contributed by atoms with E-state index >= 15 is 0 Å². The van der Waals surface area contributed by atoms with Crippen molar-refractivity contribution in [3.05, 3.63) is 35.5 Å². The van der Waals surface area contributed by atoms with Crippen molar-refractivity contribution >= 4 is 28.9 Å². The number of rotatable bonds is 4. The zero-order valence-corrected chi connectivity index (χ0v) is 10.6. The molecule has 18 heavy (non-hydrogen) atoms. The van der Waals surface area contributed by atoms with E-state index in [-0.39, 0.29) is 0 Å². The van der Waals surface area contributed by atoms with E-state index in [9.17, 15) is 0 Å². The van der Waals surface area contributed by atoms with Gasteiger partial charge < -0.3 is 15.8 Å². The molecule has 0 fully saturated rings. The number of halogens is 1. The van der Waals surface area contributed by atoms with Gasteiger partial charge in [-0.3, -0.25) is 0 Å². The Hall–Kier alpha value is -2.01. The van der Waals surface area contributed by atoms with Crippen LogP contribution in [0.2, 0.25) is 5.02 Å². The van der Waals surface area contributed by atoms with Crippen molar-refractivity contribution in [2.24, 2.45) is 0 Å². The Kier molecular flexibility index (Phi) is 3.84. The predicted molar refractivity (Wildman–Crippen MR) is 72.3 cm³/mol. The second-order valence-electron chi connectivity index (χ2n) is 3.52. The Morgan fingerprint density at radius 2 is 2.22 bits per heavy atom. The van der Waals surface area contributed by atoms with Crippen LogP contribution in [-0.4, -0.2) is 16.6 Å². The van der Waals surface area contributed by atoms with Crippen molar-refractivity contribution in [3.8, 4) is 5.88 Å². The molecule has 0 saturated carbocycles. The van der Waals surface area contributed by atoms with Crippen LogP contribution in [-0.2, 0) is 0 Å². The second kappa shape index (κ2) is 5.55. The monoisotopic (exact) mass is 264 g/mol. The van der Waals surface area contributed by atoms with E-state index in [0.29, 0.717) is 34.8 Å². The summed E-state index contributed by atoms with van der Waals surface area (Å²) in [6, 6.07) is 6.85. The molecule has 1 heterocycles. The van der Waals surface area contributed by atoms with Crippen LogP contribution < -0.4 is 15.8 Å². The van der Waals surface area contributed by atoms with Crippen LogP contribution in [0, 0.1) is 0 Å². The number of nitrogens with zero attached hydrogens (tertiary/aromatic N) is 2. The van der Waals surface area contributed by atoms with Crippen molar-refractivity contribution in [3.63, 3.8) is 0 Å². The molecular formula is C12H13ClN4O. The SMILES string of the molecule is CCOc1ccnc(Nc2cc(N)ccc2Cl)n1.